The molecule has 1 heterocycles. The molecule has 0 N–H and O–H groups in total. The summed E-state index contributed by atoms with van der Waals surface area (Å²) in [5.41, 5.74) is 0.110. The number of hydrogen-bond donors (Lipinski definition) is 0. The second-order valence-electron chi connectivity index (χ2n) is 5.92. The molecule has 0 radical (unpaired) electrons. The zero-order valence-corrected chi connectivity index (χ0v) is 14.0. The second kappa shape index (κ2) is 7.15. The Labute approximate surface area is 136 Å². The van der Waals surface area contributed by atoms with E-state index in [4.69, 9.17) is 14.2 Å². The highest BCUT2D eigenvalue weighted by molar-refractivity contribution is 6.09. The molecule has 0 aromatic carbocycles. The molecule has 0 saturated heterocycles. The van der Waals surface area contributed by atoms with Gasteiger partial charge in [0.2, 0.25) is 0 Å². The van der Waals surface area contributed by atoms with E-state index >= 15 is 0 Å². The highest BCUT2D eigenvalue weighted by atomic mass is 16.6. The molecule has 0 unspecified atom stereocenters. The Balaban J connectivity index is 2.41. The Bertz CT molecular complexity index is 509. The lowest BCUT2D eigenvalue weighted by atomic mass is 9.78. The first kappa shape index (κ1) is 17.5. The van der Waals surface area contributed by atoms with E-state index in [0.717, 1.165) is 32.1 Å². The lowest BCUT2D eigenvalue weighted by Gasteiger charge is -2.33. The Morgan fingerprint density at radius 2 is 1.61 bits per heavy atom. The van der Waals surface area contributed by atoms with Crippen molar-refractivity contribution in [2.45, 2.75) is 58.5 Å². The van der Waals surface area contributed by atoms with Crippen LogP contribution in [0.3, 0.4) is 0 Å². The van der Waals surface area contributed by atoms with Gasteiger partial charge in [-0.05, 0) is 52.0 Å². The molecular formula is C17H24O6. The fourth-order valence-electron chi connectivity index (χ4n) is 3.42. The van der Waals surface area contributed by atoms with E-state index < -0.39 is 29.4 Å². The number of carbonyl (C=O) groups is 3. The molecular weight excluding hydrogens is 300 g/mol. The third kappa shape index (κ3) is 3.26. The minimum Gasteiger partial charge on any atom is -0.465 e. The molecule has 1 spiro atoms. The van der Waals surface area contributed by atoms with Crippen molar-refractivity contribution in [1.82, 2.24) is 0 Å². The van der Waals surface area contributed by atoms with Gasteiger partial charge in [0.1, 0.15) is 5.60 Å². The van der Waals surface area contributed by atoms with Crippen LogP contribution in [0.4, 0.5) is 0 Å². The maximum absolute atomic E-state index is 12.4. The average molecular weight is 324 g/mol. The van der Waals surface area contributed by atoms with Crippen LogP contribution in [0.15, 0.2) is 11.1 Å². The van der Waals surface area contributed by atoms with E-state index in [0.29, 0.717) is 5.57 Å². The molecule has 0 amide bonds. The molecule has 2 aliphatic rings. The summed E-state index contributed by atoms with van der Waals surface area (Å²) in [6, 6.07) is 0. The van der Waals surface area contributed by atoms with Crippen LogP contribution in [0.25, 0.3) is 0 Å². The molecule has 1 fully saturated rings. The predicted molar refractivity (Wildman–Crippen MR) is 81.4 cm³/mol. The second-order valence-corrected chi connectivity index (χ2v) is 5.92. The van der Waals surface area contributed by atoms with Crippen molar-refractivity contribution in [2.75, 3.05) is 13.2 Å². The van der Waals surface area contributed by atoms with Gasteiger partial charge in [0, 0.05) is 0 Å². The number of carbonyl (C=O) groups excluding carboxylic acids is 3. The van der Waals surface area contributed by atoms with Crippen molar-refractivity contribution in [2.24, 2.45) is 5.92 Å². The van der Waals surface area contributed by atoms with E-state index in [1.165, 1.54) is 0 Å². The Morgan fingerprint density at radius 1 is 1.09 bits per heavy atom. The summed E-state index contributed by atoms with van der Waals surface area (Å²) >= 11 is 0. The Morgan fingerprint density at radius 3 is 2.09 bits per heavy atom. The van der Waals surface area contributed by atoms with Gasteiger partial charge in [0.15, 0.2) is 5.92 Å². The largest absolute Gasteiger partial charge is 0.465 e. The molecule has 1 aliphatic carbocycles. The van der Waals surface area contributed by atoms with Crippen LogP contribution < -0.4 is 0 Å². The minimum absolute atomic E-state index is 0.101. The number of rotatable bonds is 5. The van der Waals surface area contributed by atoms with Crippen LogP contribution in [-0.2, 0) is 28.6 Å². The Kier molecular flexibility index (Phi) is 5.44. The molecule has 0 atom stereocenters. The topological polar surface area (TPSA) is 78.9 Å². The summed E-state index contributed by atoms with van der Waals surface area (Å²) in [7, 11) is 0. The van der Waals surface area contributed by atoms with Crippen LogP contribution in [0.2, 0.25) is 0 Å². The smallest absolute Gasteiger partial charge is 0.336 e. The first-order valence-electron chi connectivity index (χ1n) is 8.24. The molecule has 1 aliphatic heterocycles. The van der Waals surface area contributed by atoms with Crippen LogP contribution >= 0.6 is 0 Å². The van der Waals surface area contributed by atoms with Gasteiger partial charge in [0.25, 0.3) is 0 Å². The predicted octanol–water partition coefficient (Wildman–Crippen LogP) is 2.31. The van der Waals surface area contributed by atoms with Gasteiger partial charge < -0.3 is 14.2 Å². The maximum Gasteiger partial charge on any atom is 0.336 e. The van der Waals surface area contributed by atoms with E-state index in [1.54, 1.807) is 20.8 Å². The van der Waals surface area contributed by atoms with Crippen LogP contribution in [-0.4, -0.2) is 36.7 Å². The van der Waals surface area contributed by atoms with E-state index in [2.05, 4.69) is 0 Å². The van der Waals surface area contributed by atoms with Crippen LogP contribution in [0, 0.1) is 5.92 Å². The molecule has 0 aromatic heterocycles. The lowest BCUT2D eigenvalue weighted by Crippen LogP contribution is -2.33. The summed E-state index contributed by atoms with van der Waals surface area (Å²) in [6.07, 6.45) is 4.47. The van der Waals surface area contributed by atoms with Crippen molar-refractivity contribution in [3.05, 3.63) is 11.1 Å². The third-order valence-corrected chi connectivity index (χ3v) is 4.59. The van der Waals surface area contributed by atoms with Crippen LogP contribution in [0.1, 0.15) is 52.9 Å². The number of ether oxygens (including phenoxy) is 3. The molecule has 0 aromatic rings. The maximum atomic E-state index is 12.4. The standard InChI is InChI=1S/C17H24O6/c1-4-21-14(18)13(15(19)22-5-2)12-11(3)17(23-16(12)20)9-7-6-8-10-17/h13H,4-10H2,1-3H3. The average Bonchev–Trinajstić information content (AvgIpc) is 2.73. The molecule has 0 bridgehead atoms. The number of hydrogen-bond acceptors (Lipinski definition) is 6. The fourth-order valence-corrected chi connectivity index (χ4v) is 3.42. The summed E-state index contributed by atoms with van der Waals surface area (Å²) in [4.78, 5) is 36.9. The van der Waals surface area contributed by atoms with Gasteiger partial charge in [-0.15, -0.1) is 0 Å². The Hall–Kier alpha value is -1.85. The monoisotopic (exact) mass is 324 g/mol. The van der Waals surface area contributed by atoms with Crippen molar-refractivity contribution >= 4 is 17.9 Å². The van der Waals surface area contributed by atoms with E-state index in [1.807, 2.05) is 0 Å². The molecule has 6 nitrogen and oxygen atoms in total. The highest BCUT2D eigenvalue weighted by Crippen LogP contribution is 2.45. The first-order valence-corrected chi connectivity index (χ1v) is 8.24. The zero-order chi connectivity index (χ0) is 17.0. The fraction of sp³-hybridized carbons (Fsp3) is 0.706. The first-order chi connectivity index (χ1) is 11.0. The molecule has 128 valence electrons. The minimum atomic E-state index is -1.36. The SMILES string of the molecule is CCOC(=O)C(C(=O)OCC)C1=C(C)C2(CCCCC2)OC1=O. The molecule has 6 heteroatoms. The van der Waals surface area contributed by atoms with Gasteiger partial charge in [-0.3, -0.25) is 9.59 Å². The van der Waals surface area contributed by atoms with Crippen molar-refractivity contribution in [3.8, 4) is 0 Å². The van der Waals surface area contributed by atoms with Gasteiger partial charge in [-0.25, -0.2) is 4.79 Å². The normalized spacial score (nSPS) is 19.9. The molecule has 23 heavy (non-hydrogen) atoms. The molecule has 2 rings (SSSR count). The quantitative estimate of drug-likeness (QED) is 0.439. The van der Waals surface area contributed by atoms with Crippen LogP contribution in [0.5, 0.6) is 0 Å². The van der Waals surface area contributed by atoms with Gasteiger partial charge in [0.05, 0.1) is 18.8 Å². The summed E-state index contributed by atoms with van der Waals surface area (Å²) in [6.45, 7) is 5.33. The molecule has 1 saturated carbocycles. The van der Waals surface area contributed by atoms with Gasteiger partial charge in [-0.1, -0.05) is 6.42 Å². The van der Waals surface area contributed by atoms with Crippen molar-refractivity contribution < 1.29 is 28.6 Å². The highest BCUT2D eigenvalue weighted by Gasteiger charge is 2.51. The van der Waals surface area contributed by atoms with Crippen molar-refractivity contribution in [3.63, 3.8) is 0 Å². The van der Waals surface area contributed by atoms with Gasteiger partial charge >= 0.3 is 17.9 Å². The van der Waals surface area contributed by atoms with Crippen molar-refractivity contribution in [1.29, 1.82) is 0 Å². The zero-order valence-electron chi connectivity index (χ0n) is 14.0. The summed E-state index contributed by atoms with van der Waals surface area (Å²) in [5, 5.41) is 0. The third-order valence-electron chi connectivity index (χ3n) is 4.59. The van der Waals surface area contributed by atoms with E-state index in [-0.39, 0.29) is 18.8 Å². The van der Waals surface area contributed by atoms with E-state index in [9.17, 15) is 14.4 Å². The lowest BCUT2D eigenvalue weighted by molar-refractivity contribution is -0.162. The van der Waals surface area contributed by atoms with Gasteiger partial charge in [-0.2, -0.15) is 0 Å². The summed E-state index contributed by atoms with van der Waals surface area (Å²) in [5.74, 6) is -3.48. The number of esters is 3. The summed E-state index contributed by atoms with van der Waals surface area (Å²) < 4.78 is 15.6.